The SMILES string of the molecule is Cc1c(C2OC2NPC2CC(C(=O)O)C2)cc(-c2cc(OC(F)(F)F)cc(C3(C)CC3)c2)n1CC1CCCCC1. The Morgan fingerprint density at radius 3 is 2.55 bits per heavy atom. The van der Waals surface area contributed by atoms with E-state index in [9.17, 15) is 18.0 Å². The molecule has 1 saturated heterocycles. The first kappa shape index (κ1) is 28.0. The molecule has 0 bridgehead atoms. The van der Waals surface area contributed by atoms with Gasteiger partial charge in [0.15, 0.2) is 0 Å². The summed E-state index contributed by atoms with van der Waals surface area (Å²) in [6, 6.07) is 7.22. The van der Waals surface area contributed by atoms with Crippen LogP contribution in [0.3, 0.4) is 0 Å². The molecule has 0 amide bonds. The quantitative estimate of drug-likeness (QED) is 0.226. The molecule has 0 radical (unpaired) electrons. The fraction of sp³-hybridized carbons (Fsp3) is 0.633. The van der Waals surface area contributed by atoms with Crippen molar-refractivity contribution in [3.63, 3.8) is 0 Å². The summed E-state index contributed by atoms with van der Waals surface area (Å²) in [6.07, 6.45) is 4.33. The van der Waals surface area contributed by atoms with Crippen molar-refractivity contribution >= 4 is 14.7 Å². The first-order valence-corrected chi connectivity index (χ1v) is 15.6. The van der Waals surface area contributed by atoms with Crippen LogP contribution in [-0.2, 0) is 21.5 Å². The molecule has 4 aliphatic rings. The van der Waals surface area contributed by atoms with Gasteiger partial charge in [0.2, 0.25) is 0 Å². The van der Waals surface area contributed by atoms with Crippen molar-refractivity contribution in [2.45, 2.75) is 108 Å². The van der Waals surface area contributed by atoms with Gasteiger partial charge in [-0.05, 0) is 101 Å². The van der Waals surface area contributed by atoms with Gasteiger partial charge in [-0.3, -0.25) is 9.88 Å². The lowest BCUT2D eigenvalue weighted by atomic mass is 9.85. The van der Waals surface area contributed by atoms with Crippen molar-refractivity contribution in [1.29, 1.82) is 0 Å². The van der Waals surface area contributed by atoms with Gasteiger partial charge in [0, 0.05) is 29.1 Å². The van der Waals surface area contributed by atoms with Crippen molar-refractivity contribution < 1.29 is 32.5 Å². The molecule has 4 fully saturated rings. The van der Waals surface area contributed by atoms with E-state index >= 15 is 0 Å². The van der Waals surface area contributed by atoms with E-state index in [0.29, 0.717) is 33.1 Å². The van der Waals surface area contributed by atoms with Crippen LogP contribution in [0.15, 0.2) is 24.3 Å². The van der Waals surface area contributed by atoms with Crippen LogP contribution in [0.1, 0.15) is 87.6 Å². The second kappa shape index (κ2) is 10.6. The highest BCUT2D eigenvalue weighted by Gasteiger charge is 2.45. The summed E-state index contributed by atoms with van der Waals surface area (Å²) < 4.78 is 52.6. The molecule has 6 nitrogen and oxygen atoms in total. The first-order chi connectivity index (χ1) is 19.0. The molecule has 2 N–H and O–H groups in total. The highest BCUT2D eigenvalue weighted by atomic mass is 31.1. The summed E-state index contributed by atoms with van der Waals surface area (Å²) in [7, 11) is 0.446. The van der Waals surface area contributed by atoms with E-state index in [2.05, 4.69) is 34.3 Å². The summed E-state index contributed by atoms with van der Waals surface area (Å²) in [5.74, 6) is -0.569. The van der Waals surface area contributed by atoms with Crippen LogP contribution in [0.4, 0.5) is 13.2 Å². The maximum absolute atomic E-state index is 13.3. The molecule has 10 heteroatoms. The third-order valence-electron chi connectivity index (χ3n) is 9.42. The largest absolute Gasteiger partial charge is 0.573 e. The third kappa shape index (κ3) is 6.07. The van der Waals surface area contributed by atoms with E-state index in [-0.39, 0.29) is 29.4 Å². The van der Waals surface area contributed by atoms with Crippen LogP contribution < -0.4 is 9.82 Å². The van der Waals surface area contributed by atoms with Crippen molar-refractivity contribution in [2.24, 2.45) is 11.8 Å². The molecule has 0 spiro atoms. The van der Waals surface area contributed by atoms with E-state index in [1.165, 1.54) is 25.3 Å². The number of hydrogen-bond acceptors (Lipinski definition) is 4. The van der Waals surface area contributed by atoms with E-state index < -0.39 is 12.3 Å². The van der Waals surface area contributed by atoms with Crippen molar-refractivity contribution in [3.05, 3.63) is 41.1 Å². The molecule has 3 saturated carbocycles. The number of rotatable bonds is 10. The van der Waals surface area contributed by atoms with Crippen LogP contribution in [0.2, 0.25) is 0 Å². The minimum Gasteiger partial charge on any atom is -0.481 e. The van der Waals surface area contributed by atoms with Crippen LogP contribution in [0.25, 0.3) is 11.3 Å². The zero-order valence-electron chi connectivity index (χ0n) is 23.0. The Morgan fingerprint density at radius 2 is 1.90 bits per heavy atom. The van der Waals surface area contributed by atoms with E-state index in [1.807, 2.05) is 6.07 Å². The number of carbonyl (C=O) groups is 1. The predicted molar refractivity (Wildman–Crippen MR) is 148 cm³/mol. The standard InChI is InChI=1S/C30H38F3N2O4P/c1-17-24(26-27(38-26)34-40-23-12-20(13-23)28(36)37)15-25(35(17)16-18-6-4-3-5-7-18)19-10-21(29(2)8-9-29)14-22(11-19)39-30(31,32)33/h10-11,14-15,18,20,23,26-27,34,40H,3-9,12-13,16H2,1-2H3,(H,36,37). The number of halogens is 3. The number of alkyl halides is 3. The van der Waals surface area contributed by atoms with Gasteiger partial charge in [0.05, 0.1) is 5.92 Å². The Hall–Kier alpha value is -2.09. The highest BCUT2D eigenvalue weighted by molar-refractivity contribution is 7.36. The molecule has 2 aromatic rings. The summed E-state index contributed by atoms with van der Waals surface area (Å²) >= 11 is 0. The molecule has 3 unspecified atom stereocenters. The molecule has 6 rings (SSSR count). The number of hydrogen-bond donors (Lipinski definition) is 2. The molecular formula is C30H38F3N2O4P. The molecule has 2 heterocycles. The Kier molecular flexibility index (Phi) is 7.46. The summed E-state index contributed by atoms with van der Waals surface area (Å²) in [6.45, 7) is 5.02. The average molecular weight is 579 g/mol. The Balaban J connectivity index is 1.28. The first-order valence-electron chi connectivity index (χ1n) is 14.5. The number of carboxylic acids is 1. The maximum atomic E-state index is 13.3. The molecule has 1 aromatic heterocycles. The van der Waals surface area contributed by atoms with E-state index in [1.54, 1.807) is 6.07 Å². The number of nitrogens with one attached hydrogen (secondary N) is 1. The van der Waals surface area contributed by atoms with E-state index in [4.69, 9.17) is 9.84 Å². The van der Waals surface area contributed by atoms with Crippen LogP contribution >= 0.6 is 8.73 Å². The van der Waals surface area contributed by atoms with Crippen LogP contribution in [0, 0.1) is 18.8 Å². The zero-order valence-corrected chi connectivity index (χ0v) is 24.0. The topological polar surface area (TPSA) is 76.0 Å². The average Bonchev–Trinajstić information content (AvgIpc) is 3.78. The minimum atomic E-state index is -4.75. The van der Waals surface area contributed by atoms with Gasteiger partial charge in [-0.2, -0.15) is 0 Å². The lowest BCUT2D eigenvalue weighted by Crippen LogP contribution is -2.33. The Morgan fingerprint density at radius 1 is 1.18 bits per heavy atom. The monoisotopic (exact) mass is 578 g/mol. The number of epoxide rings is 1. The Bertz CT molecular complexity index is 1260. The number of aliphatic carboxylic acids is 1. The second-order valence-electron chi connectivity index (χ2n) is 12.5. The van der Waals surface area contributed by atoms with Crippen molar-refractivity contribution in [2.75, 3.05) is 0 Å². The number of benzene rings is 1. The zero-order chi connectivity index (χ0) is 28.2. The lowest BCUT2D eigenvalue weighted by molar-refractivity contribution is -0.274. The minimum absolute atomic E-state index is 0.116. The molecule has 1 aliphatic heterocycles. The molecule has 1 aromatic carbocycles. The number of nitrogens with zero attached hydrogens (tertiary/aromatic N) is 1. The van der Waals surface area contributed by atoms with Gasteiger partial charge >= 0.3 is 12.3 Å². The molecule has 3 aliphatic carbocycles. The molecule has 3 atom stereocenters. The van der Waals surface area contributed by atoms with E-state index in [0.717, 1.165) is 60.3 Å². The lowest BCUT2D eigenvalue weighted by Gasteiger charge is -2.32. The predicted octanol–water partition coefficient (Wildman–Crippen LogP) is 7.44. The number of aromatic nitrogens is 1. The van der Waals surface area contributed by atoms with Gasteiger partial charge in [-0.1, -0.05) is 26.2 Å². The van der Waals surface area contributed by atoms with Crippen LogP contribution in [-0.4, -0.2) is 33.9 Å². The van der Waals surface area contributed by atoms with Crippen molar-refractivity contribution in [1.82, 2.24) is 9.65 Å². The second-order valence-corrected chi connectivity index (χ2v) is 13.9. The molecule has 40 heavy (non-hydrogen) atoms. The van der Waals surface area contributed by atoms with Gasteiger partial charge in [0.25, 0.3) is 0 Å². The van der Waals surface area contributed by atoms with Gasteiger partial charge < -0.3 is 19.1 Å². The fourth-order valence-electron chi connectivity index (χ4n) is 6.42. The number of ether oxygens (including phenoxy) is 2. The van der Waals surface area contributed by atoms with Crippen LogP contribution in [0.5, 0.6) is 5.75 Å². The molecule has 218 valence electrons. The summed E-state index contributed by atoms with van der Waals surface area (Å²) in [4.78, 5) is 11.1. The van der Waals surface area contributed by atoms with Crippen molar-refractivity contribution in [3.8, 4) is 17.0 Å². The highest BCUT2D eigenvalue weighted by Crippen LogP contribution is 2.51. The Labute approximate surface area is 234 Å². The summed E-state index contributed by atoms with van der Waals surface area (Å²) in [5, 5.41) is 12.6. The molecular weight excluding hydrogens is 540 g/mol. The van der Waals surface area contributed by atoms with Gasteiger partial charge in [-0.15, -0.1) is 13.2 Å². The fourth-order valence-corrected chi connectivity index (χ4v) is 7.84. The maximum Gasteiger partial charge on any atom is 0.573 e. The third-order valence-corrected chi connectivity index (χ3v) is 10.7. The summed E-state index contributed by atoms with van der Waals surface area (Å²) in [5.41, 5.74) is 4.96. The van der Waals surface area contributed by atoms with Gasteiger partial charge in [-0.25, -0.2) is 0 Å². The normalized spacial score (nSPS) is 28.0. The van der Waals surface area contributed by atoms with Gasteiger partial charge in [0.1, 0.15) is 18.1 Å². The number of carboxylic acid groups (broad SMARTS) is 1. The smallest absolute Gasteiger partial charge is 0.481 e.